The number of esters is 1. The molecule has 0 saturated carbocycles. The van der Waals surface area contributed by atoms with Gasteiger partial charge in [-0.2, -0.15) is 0 Å². The van der Waals surface area contributed by atoms with Crippen LogP contribution < -0.4 is 0 Å². The van der Waals surface area contributed by atoms with Crippen molar-refractivity contribution in [2.75, 3.05) is 19.4 Å². The summed E-state index contributed by atoms with van der Waals surface area (Å²) >= 11 is 1.63. The standard InChI is InChI=1S/C15H20N2O3S/c1-3-21-13-8-7-11(10-16-13)14(18)17-9-5-4-6-12(17)15(19)20-2/h7-8,10,12H,3-6,9H2,1-2H3/t12-/m0/s1. The molecule has 0 N–H and O–H groups in total. The number of hydrogen-bond donors (Lipinski definition) is 0. The van der Waals surface area contributed by atoms with Gasteiger partial charge in [-0.3, -0.25) is 4.79 Å². The summed E-state index contributed by atoms with van der Waals surface area (Å²) in [5.74, 6) is 0.455. The van der Waals surface area contributed by atoms with E-state index in [0.29, 0.717) is 18.5 Å². The van der Waals surface area contributed by atoms with Gasteiger partial charge in [0.15, 0.2) is 0 Å². The minimum atomic E-state index is -0.471. The summed E-state index contributed by atoms with van der Waals surface area (Å²) in [4.78, 5) is 30.3. The van der Waals surface area contributed by atoms with Crippen LogP contribution in [0.3, 0.4) is 0 Å². The van der Waals surface area contributed by atoms with Crippen LogP contribution in [0, 0.1) is 0 Å². The highest BCUT2D eigenvalue weighted by Crippen LogP contribution is 2.21. The van der Waals surface area contributed by atoms with E-state index in [-0.39, 0.29) is 11.9 Å². The number of thioether (sulfide) groups is 1. The van der Waals surface area contributed by atoms with Gasteiger partial charge in [-0.25, -0.2) is 9.78 Å². The summed E-state index contributed by atoms with van der Waals surface area (Å²) in [6.07, 6.45) is 4.10. The lowest BCUT2D eigenvalue weighted by molar-refractivity contribution is -0.147. The maximum Gasteiger partial charge on any atom is 0.328 e. The van der Waals surface area contributed by atoms with E-state index < -0.39 is 6.04 Å². The van der Waals surface area contributed by atoms with E-state index in [2.05, 4.69) is 11.9 Å². The molecule has 1 aliphatic rings. The Morgan fingerprint density at radius 1 is 1.43 bits per heavy atom. The van der Waals surface area contributed by atoms with Crippen LogP contribution in [0.5, 0.6) is 0 Å². The van der Waals surface area contributed by atoms with Crippen molar-refractivity contribution in [3.63, 3.8) is 0 Å². The van der Waals surface area contributed by atoms with E-state index in [1.807, 2.05) is 6.07 Å². The van der Waals surface area contributed by atoms with Gasteiger partial charge < -0.3 is 9.64 Å². The summed E-state index contributed by atoms with van der Waals surface area (Å²) in [6.45, 7) is 2.64. The van der Waals surface area contributed by atoms with Crippen molar-refractivity contribution in [1.29, 1.82) is 0 Å². The fraction of sp³-hybridized carbons (Fsp3) is 0.533. The highest BCUT2D eigenvalue weighted by molar-refractivity contribution is 7.99. The Kier molecular flexibility index (Phi) is 5.61. The van der Waals surface area contributed by atoms with Crippen LogP contribution >= 0.6 is 11.8 Å². The number of hydrogen-bond acceptors (Lipinski definition) is 5. The zero-order valence-electron chi connectivity index (χ0n) is 12.4. The first-order valence-corrected chi connectivity index (χ1v) is 8.13. The Morgan fingerprint density at radius 2 is 2.24 bits per heavy atom. The third kappa shape index (κ3) is 3.75. The van der Waals surface area contributed by atoms with Gasteiger partial charge in [-0.15, -0.1) is 11.8 Å². The third-order valence-corrected chi connectivity index (χ3v) is 4.34. The zero-order chi connectivity index (χ0) is 15.2. The molecule has 2 rings (SSSR count). The van der Waals surface area contributed by atoms with Gasteiger partial charge in [-0.1, -0.05) is 6.92 Å². The molecule has 0 spiro atoms. The number of ether oxygens (including phenoxy) is 1. The van der Waals surface area contributed by atoms with Crippen LogP contribution in [0.1, 0.15) is 36.5 Å². The number of piperidine rings is 1. The van der Waals surface area contributed by atoms with Crippen molar-refractivity contribution in [2.45, 2.75) is 37.3 Å². The fourth-order valence-corrected chi connectivity index (χ4v) is 3.05. The molecule has 1 aromatic heterocycles. The second-order valence-corrected chi connectivity index (χ2v) is 6.14. The van der Waals surface area contributed by atoms with Gasteiger partial charge in [-0.05, 0) is 37.1 Å². The van der Waals surface area contributed by atoms with Gasteiger partial charge in [0.05, 0.1) is 17.7 Å². The van der Waals surface area contributed by atoms with Gasteiger partial charge in [0.1, 0.15) is 6.04 Å². The molecule has 114 valence electrons. The Hall–Kier alpha value is -1.56. The number of aromatic nitrogens is 1. The third-order valence-electron chi connectivity index (χ3n) is 3.51. The lowest BCUT2D eigenvalue weighted by Crippen LogP contribution is -2.48. The van der Waals surface area contributed by atoms with Crippen LogP contribution in [0.15, 0.2) is 23.4 Å². The van der Waals surface area contributed by atoms with Crippen LogP contribution in [0.25, 0.3) is 0 Å². The monoisotopic (exact) mass is 308 g/mol. The van der Waals surface area contributed by atoms with Gasteiger partial charge in [0, 0.05) is 12.7 Å². The number of methoxy groups -OCH3 is 1. The SMILES string of the molecule is CCSc1ccc(C(=O)N2CCCC[C@H]2C(=O)OC)cn1. The average Bonchev–Trinajstić information content (AvgIpc) is 2.54. The van der Waals surface area contributed by atoms with Crippen molar-refractivity contribution in [3.8, 4) is 0 Å². The lowest BCUT2D eigenvalue weighted by Gasteiger charge is -2.33. The Bertz CT molecular complexity index is 504. The fourth-order valence-electron chi connectivity index (χ4n) is 2.46. The molecule has 5 nitrogen and oxygen atoms in total. The van der Waals surface area contributed by atoms with Crippen LogP contribution in [0.2, 0.25) is 0 Å². The normalized spacial score (nSPS) is 18.4. The molecule has 0 unspecified atom stereocenters. The molecule has 0 bridgehead atoms. The molecule has 0 aliphatic carbocycles. The Balaban J connectivity index is 2.14. The first-order chi connectivity index (χ1) is 10.2. The molecule has 1 aliphatic heterocycles. The topological polar surface area (TPSA) is 59.5 Å². The number of nitrogens with zero attached hydrogens (tertiary/aromatic N) is 2. The number of likely N-dealkylation sites (tertiary alicyclic amines) is 1. The number of carbonyl (C=O) groups excluding carboxylic acids is 2. The number of pyridine rings is 1. The summed E-state index contributed by atoms with van der Waals surface area (Å²) in [5.41, 5.74) is 0.520. The summed E-state index contributed by atoms with van der Waals surface area (Å²) in [7, 11) is 1.36. The van der Waals surface area contributed by atoms with E-state index in [0.717, 1.165) is 23.6 Å². The predicted octanol–water partition coefficient (Wildman–Crippen LogP) is 2.36. The van der Waals surface area contributed by atoms with Gasteiger partial charge >= 0.3 is 5.97 Å². The maximum atomic E-state index is 12.6. The van der Waals surface area contributed by atoms with E-state index >= 15 is 0 Å². The second kappa shape index (κ2) is 7.45. The van der Waals surface area contributed by atoms with Crippen LogP contribution in [0.4, 0.5) is 0 Å². The quantitative estimate of drug-likeness (QED) is 0.631. The highest BCUT2D eigenvalue weighted by atomic mass is 32.2. The molecule has 6 heteroatoms. The molecule has 1 aromatic rings. The van der Waals surface area contributed by atoms with Crippen molar-refractivity contribution < 1.29 is 14.3 Å². The molecule has 2 heterocycles. The van der Waals surface area contributed by atoms with E-state index in [4.69, 9.17) is 4.74 Å². The molecule has 0 aromatic carbocycles. The van der Waals surface area contributed by atoms with Crippen molar-refractivity contribution in [2.24, 2.45) is 0 Å². The molecule has 1 fully saturated rings. The summed E-state index contributed by atoms with van der Waals surface area (Å²) in [6, 6.07) is 3.15. The average molecular weight is 308 g/mol. The largest absolute Gasteiger partial charge is 0.467 e. The predicted molar refractivity (Wildman–Crippen MR) is 81.3 cm³/mol. The Labute approximate surface area is 129 Å². The molecule has 21 heavy (non-hydrogen) atoms. The number of amides is 1. The first kappa shape index (κ1) is 15.8. The van der Waals surface area contributed by atoms with E-state index in [1.165, 1.54) is 7.11 Å². The van der Waals surface area contributed by atoms with E-state index in [9.17, 15) is 9.59 Å². The number of rotatable bonds is 4. The minimum absolute atomic E-state index is 0.148. The number of carbonyl (C=O) groups is 2. The molecular weight excluding hydrogens is 288 g/mol. The summed E-state index contributed by atoms with van der Waals surface area (Å²) < 4.78 is 4.81. The zero-order valence-corrected chi connectivity index (χ0v) is 13.2. The van der Waals surface area contributed by atoms with E-state index in [1.54, 1.807) is 28.9 Å². The molecule has 0 radical (unpaired) electrons. The molecule has 1 saturated heterocycles. The van der Waals surface area contributed by atoms with Crippen molar-refractivity contribution in [1.82, 2.24) is 9.88 Å². The Morgan fingerprint density at radius 3 is 2.86 bits per heavy atom. The second-order valence-electron chi connectivity index (χ2n) is 4.85. The van der Waals surface area contributed by atoms with Crippen molar-refractivity contribution >= 4 is 23.6 Å². The molecule has 1 atom stereocenters. The maximum absolute atomic E-state index is 12.6. The minimum Gasteiger partial charge on any atom is -0.467 e. The molecular formula is C15H20N2O3S. The van der Waals surface area contributed by atoms with Crippen LogP contribution in [-0.4, -0.2) is 47.2 Å². The highest BCUT2D eigenvalue weighted by Gasteiger charge is 2.33. The van der Waals surface area contributed by atoms with Crippen molar-refractivity contribution in [3.05, 3.63) is 23.9 Å². The van der Waals surface area contributed by atoms with Gasteiger partial charge in [0.2, 0.25) is 0 Å². The first-order valence-electron chi connectivity index (χ1n) is 7.15. The van der Waals surface area contributed by atoms with Crippen LogP contribution in [-0.2, 0) is 9.53 Å². The lowest BCUT2D eigenvalue weighted by atomic mass is 10.0. The smallest absolute Gasteiger partial charge is 0.328 e. The molecule has 1 amide bonds. The van der Waals surface area contributed by atoms with Gasteiger partial charge in [0.25, 0.3) is 5.91 Å². The summed E-state index contributed by atoms with van der Waals surface area (Å²) in [5, 5.41) is 0.900.